The highest BCUT2D eigenvalue weighted by atomic mass is 16.5. The van der Waals surface area contributed by atoms with Gasteiger partial charge in [-0.25, -0.2) is 0 Å². The zero-order valence-corrected chi connectivity index (χ0v) is 13.1. The summed E-state index contributed by atoms with van der Waals surface area (Å²) in [6.07, 6.45) is 0.814. The van der Waals surface area contributed by atoms with E-state index in [4.69, 9.17) is 10.5 Å². The summed E-state index contributed by atoms with van der Waals surface area (Å²) in [6.45, 7) is 7.93. The second-order valence-electron chi connectivity index (χ2n) is 6.09. The minimum atomic E-state index is -0.519. The molecule has 0 aliphatic heterocycles. The van der Waals surface area contributed by atoms with E-state index in [1.54, 1.807) is 7.11 Å². The Morgan fingerprint density at radius 3 is 2.25 bits per heavy atom. The molecule has 4 nitrogen and oxygen atoms in total. The van der Waals surface area contributed by atoms with Crippen LogP contribution in [0.4, 0.5) is 0 Å². The molecule has 0 fully saturated rings. The van der Waals surface area contributed by atoms with Gasteiger partial charge in [0.05, 0.1) is 19.2 Å². The fourth-order valence-electron chi connectivity index (χ4n) is 1.91. The second-order valence-corrected chi connectivity index (χ2v) is 6.09. The number of nitrogens with one attached hydrogen (secondary N) is 1. The van der Waals surface area contributed by atoms with Crippen LogP contribution in [0.15, 0.2) is 24.3 Å². The number of rotatable bonds is 5. The van der Waals surface area contributed by atoms with Crippen molar-refractivity contribution in [2.45, 2.75) is 46.2 Å². The first-order chi connectivity index (χ1) is 9.29. The molecule has 112 valence electrons. The molecule has 0 aromatic heterocycles. The van der Waals surface area contributed by atoms with Crippen LogP contribution in [0.5, 0.6) is 5.75 Å². The third-order valence-electron chi connectivity index (χ3n) is 3.46. The van der Waals surface area contributed by atoms with E-state index in [-0.39, 0.29) is 17.4 Å². The minimum absolute atomic E-state index is 0.0261. The number of carbonyl (C=O) groups excluding carboxylic acids is 1. The lowest BCUT2D eigenvalue weighted by Crippen LogP contribution is -2.49. The first-order valence-electron chi connectivity index (χ1n) is 6.99. The molecule has 1 unspecified atom stereocenters. The van der Waals surface area contributed by atoms with Gasteiger partial charge in [0, 0.05) is 0 Å². The predicted molar refractivity (Wildman–Crippen MR) is 81.6 cm³/mol. The van der Waals surface area contributed by atoms with Crippen molar-refractivity contribution in [1.82, 2.24) is 5.32 Å². The Morgan fingerprint density at radius 1 is 1.30 bits per heavy atom. The minimum Gasteiger partial charge on any atom is -0.497 e. The van der Waals surface area contributed by atoms with E-state index in [0.29, 0.717) is 0 Å². The van der Waals surface area contributed by atoms with Crippen LogP contribution in [0.2, 0.25) is 0 Å². The Balaban J connectivity index is 2.78. The Labute approximate surface area is 121 Å². The first kappa shape index (κ1) is 16.5. The number of ether oxygens (including phenoxy) is 1. The van der Waals surface area contributed by atoms with Gasteiger partial charge in [-0.1, -0.05) is 39.8 Å². The van der Waals surface area contributed by atoms with Crippen molar-refractivity contribution in [3.8, 4) is 5.75 Å². The summed E-state index contributed by atoms with van der Waals surface area (Å²) in [6, 6.07) is 7.18. The third kappa shape index (κ3) is 4.23. The molecule has 0 radical (unpaired) electrons. The van der Waals surface area contributed by atoms with Crippen molar-refractivity contribution in [3.63, 3.8) is 0 Å². The highest BCUT2D eigenvalue weighted by molar-refractivity contribution is 5.82. The molecule has 0 aliphatic carbocycles. The normalized spacial score (nSPS) is 14.5. The van der Waals surface area contributed by atoms with Crippen molar-refractivity contribution < 1.29 is 9.53 Å². The molecule has 4 heteroatoms. The highest BCUT2D eigenvalue weighted by Gasteiger charge is 2.28. The molecule has 1 aromatic rings. The van der Waals surface area contributed by atoms with Crippen LogP contribution in [-0.4, -0.2) is 19.1 Å². The van der Waals surface area contributed by atoms with Crippen LogP contribution < -0.4 is 15.8 Å². The highest BCUT2D eigenvalue weighted by Crippen LogP contribution is 2.22. The van der Waals surface area contributed by atoms with E-state index < -0.39 is 6.04 Å². The monoisotopic (exact) mass is 278 g/mol. The van der Waals surface area contributed by atoms with Crippen LogP contribution in [0.3, 0.4) is 0 Å². The van der Waals surface area contributed by atoms with Crippen molar-refractivity contribution in [2.75, 3.05) is 7.11 Å². The SMILES string of the molecule is CCC(NC(=O)[C@H](N)C(C)(C)C)c1ccc(OC)cc1. The van der Waals surface area contributed by atoms with E-state index >= 15 is 0 Å². The molecule has 0 heterocycles. The zero-order valence-electron chi connectivity index (χ0n) is 13.1. The van der Waals surface area contributed by atoms with E-state index in [1.807, 2.05) is 52.0 Å². The summed E-state index contributed by atoms with van der Waals surface area (Å²) in [5.74, 6) is 0.696. The third-order valence-corrected chi connectivity index (χ3v) is 3.46. The van der Waals surface area contributed by atoms with Crippen LogP contribution in [0.25, 0.3) is 0 Å². The lowest BCUT2D eigenvalue weighted by molar-refractivity contribution is -0.125. The molecular formula is C16H26N2O2. The lowest BCUT2D eigenvalue weighted by Gasteiger charge is -2.28. The Morgan fingerprint density at radius 2 is 1.85 bits per heavy atom. The lowest BCUT2D eigenvalue weighted by atomic mass is 9.86. The molecule has 20 heavy (non-hydrogen) atoms. The predicted octanol–water partition coefficient (Wildman–Crippen LogP) is 2.64. The molecule has 0 saturated heterocycles. The number of hydrogen-bond acceptors (Lipinski definition) is 3. The molecule has 0 spiro atoms. The number of methoxy groups -OCH3 is 1. The summed E-state index contributed by atoms with van der Waals surface area (Å²) < 4.78 is 5.14. The van der Waals surface area contributed by atoms with Gasteiger partial charge < -0.3 is 15.8 Å². The van der Waals surface area contributed by atoms with Gasteiger partial charge >= 0.3 is 0 Å². The molecule has 3 N–H and O–H groups in total. The summed E-state index contributed by atoms with van der Waals surface area (Å²) in [7, 11) is 1.64. The van der Waals surface area contributed by atoms with Crippen molar-refractivity contribution >= 4 is 5.91 Å². The number of carbonyl (C=O) groups is 1. The average molecular weight is 278 g/mol. The molecule has 0 aliphatic rings. The van der Waals surface area contributed by atoms with E-state index in [9.17, 15) is 4.79 Å². The molecule has 0 saturated carbocycles. The van der Waals surface area contributed by atoms with Crippen LogP contribution in [0.1, 0.15) is 45.7 Å². The molecule has 1 aromatic carbocycles. The number of benzene rings is 1. The van der Waals surface area contributed by atoms with Gasteiger partial charge in [-0.3, -0.25) is 4.79 Å². The smallest absolute Gasteiger partial charge is 0.237 e. The number of amides is 1. The summed E-state index contributed by atoms with van der Waals surface area (Å²) in [4.78, 5) is 12.2. The Bertz CT molecular complexity index is 435. The maximum Gasteiger partial charge on any atom is 0.237 e. The summed E-state index contributed by atoms with van der Waals surface area (Å²) in [5.41, 5.74) is 6.80. The maximum absolute atomic E-state index is 12.2. The van der Waals surface area contributed by atoms with Crippen molar-refractivity contribution in [3.05, 3.63) is 29.8 Å². The second kappa shape index (κ2) is 6.75. The fraction of sp³-hybridized carbons (Fsp3) is 0.562. The van der Waals surface area contributed by atoms with Gasteiger partial charge in [0.25, 0.3) is 0 Å². The molecule has 0 bridgehead atoms. The fourth-order valence-corrected chi connectivity index (χ4v) is 1.91. The Kier molecular flexibility index (Phi) is 5.57. The van der Waals surface area contributed by atoms with Gasteiger partial charge in [-0.05, 0) is 29.5 Å². The summed E-state index contributed by atoms with van der Waals surface area (Å²) >= 11 is 0. The molecule has 1 rings (SSSR count). The van der Waals surface area contributed by atoms with Gasteiger partial charge in [0.2, 0.25) is 5.91 Å². The van der Waals surface area contributed by atoms with Gasteiger partial charge in [-0.2, -0.15) is 0 Å². The maximum atomic E-state index is 12.2. The van der Waals surface area contributed by atoms with Crippen LogP contribution in [-0.2, 0) is 4.79 Å². The Hall–Kier alpha value is -1.55. The zero-order chi connectivity index (χ0) is 15.3. The number of nitrogens with two attached hydrogens (primary N) is 1. The van der Waals surface area contributed by atoms with Gasteiger partial charge in [0.15, 0.2) is 0 Å². The topological polar surface area (TPSA) is 64.4 Å². The molecular weight excluding hydrogens is 252 g/mol. The molecule has 1 amide bonds. The largest absolute Gasteiger partial charge is 0.497 e. The van der Waals surface area contributed by atoms with Crippen LogP contribution >= 0.6 is 0 Å². The van der Waals surface area contributed by atoms with Crippen molar-refractivity contribution in [2.24, 2.45) is 11.1 Å². The number of hydrogen-bond donors (Lipinski definition) is 2. The van der Waals surface area contributed by atoms with Crippen LogP contribution in [0, 0.1) is 5.41 Å². The van der Waals surface area contributed by atoms with Crippen molar-refractivity contribution in [1.29, 1.82) is 0 Å². The van der Waals surface area contributed by atoms with Gasteiger partial charge in [-0.15, -0.1) is 0 Å². The first-order valence-corrected chi connectivity index (χ1v) is 6.99. The van der Waals surface area contributed by atoms with E-state index in [2.05, 4.69) is 5.32 Å². The van der Waals surface area contributed by atoms with Gasteiger partial charge in [0.1, 0.15) is 5.75 Å². The quantitative estimate of drug-likeness (QED) is 0.870. The summed E-state index contributed by atoms with van der Waals surface area (Å²) in [5, 5.41) is 3.02. The molecule has 2 atom stereocenters. The average Bonchev–Trinajstić information content (AvgIpc) is 2.42. The van der Waals surface area contributed by atoms with E-state index in [0.717, 1.165) is 17.7 Å². The van der Waals surface area contributed by atoms with E-state index in [1.165, 1.54) is 0 Å². The standard InChI is InChI=1S/C16H26N2O2/c1-6-13(11-7-9-12(20-5)10-8-11)18-15(19)14(17)16(2,3)4/h7-10,13-14H,6,17H2,1-5H3,(H,18,19)/t13?,14-/m0/s1.